The third-order valence-electron chi connectivity index (χ3n) is 3.54. The number of nitrogens with zero attached hydrogens (tertiary/aromatic N) is 1. The number of hydrogen-bond acceptors (Lipinski definition) is 5. The van der Waals surface area contributed by atoms with Gasteiger partial charge >= 0.3 is 0 Å². The molecule has 1 fully saturated rings. The second kappa shape index (κ2) is 6.62. The van der Waals surface area contributed by atoms with Crippen LogP contribution in [0.5, 0.6) is 0 Å². The Morgan fingerprint density at radius 3 is 2.90 bits per heavy atom. The molecule has 2 heterocycles. The smallest absolute Gasteiger partial charge is 0.258 e. The van der Waals surface area contributed by atoms with Crippen LogP contribution in [-0.2, 0) is 21.4 Å². The first kappa shape index (κ1) is 15.4. The minimum Gasteiger partial charge on any atom is -0.392 e. The van der Waals surface area contributed by atoms with Crippen molar-refractivity contribution in [2.45, 2.75) is 37.5 Å². The van der Waals surface area contributed by atoms with Crippen LogP contribution in [0.15, 0.2) is 23.4 Å². The first-order chi connectivity index (χ1) is 9.56. The summed E-state index contributed by atoms with van der Waals surface area (Å²) in [6.07, 6.45) is 3.25. The van der Waals surface area contributed by atoms with Crippen molar-refractivity contribution in [3.63, 3.8) is 0 Å². The first-order valence-electron chi connectivity index (χ1n) is 6.74. The molecule has 20 heavy (non-hydrogen) atoms. The summed E-state index contributed by atoms with van der Waals surface area (Å²) in [6, 6.07) is 2.95. The number of aromatic nitrogens is 1. The fourth-order valence-corrected chi connectivity index (χ4v) is 3.35. The van der Waals surface area contributed by atoms with Crippen molar-refractivity contribution in [2.75, 3.05) is 13.2 Å². The lowest BCUT2D eigenvalue weighted by atomic mass is 10.0. The maximum atomic E-state index is 12.1. The van der Waals surface area contributed by atoms with E-state index in [4.69, 9.17) is 9.84 Å². The quantitative estimate of drug-likeness (QED) is 0.806. The number of nitrogens with one attached hydrogen (secondary N) is 1. The monoisotopic (exact) mass is 300 g/mol. The highest BCUT2D eigenvalue weighted by atomic mass is 32.2. The summed E-state index contributed by atoms with van der Waals surface area (Å²) in [7, 11) is -3.60. The average Bonchev–Trinajstić information content (AvgIpc) is 2.93. The second-order valence-electron chi connectivity index (χ2n) is 4.88. The number of aliphatic hydroxyl groups excluding tert-OH is 1. The molecule has 6 nitrogen and oxygen atoms in total. The van der Waals surface area contributed by atoms with E-state index in [0.717, 1.165) is 12.8 Å². The fraction of sp³-hybridized carbons (Fsp3) is 0.615. The molecule has 0 aliphatic carbocycles. The van der Waals surface area contributed by atoms with E-state index >= 15 is 0 Å². The van der Waals surface area contributed by atoms with Crippen molar-refractivity contribution in [1.82, 2.24) is 9.71 Å². The van der Waals surface area contributed by atoms with Crippen LogP contribution in [0.2, 0.25) is 0 Å². The summed E-state index contributed by atoms with van der Waals surface area (Å²) in [5, 5.41) is 8.89. The van der Waals surface area contributed by atoms with Crippen LogP contribution >= 0.6 is 0 Å². The predicted octanol–water partition coefficient (Wildman–Crippen LogP) is 0.667. The normalized spacial score (nSPS) is 23.1. The maximum Gasteiger partial charge on any atom is 0.258 e. The lowest BCUT2D eigenvalue weighted by Gasteiger charge is -2.17. The number of rotatable bonds is 6. The van der Waals surface area contributed by atoms with Crippen LogP contribution in [0.25, 0.3) is 0 Å². The number of aliphatic hydroxyl groups is 1. The van der Waals surface area contributed by atoms with E-state index in [2.05, 4.69) is 9.71 Å². The molecule has 1 aliphatic rings. The molecular weight excluding hydrogens is 280 g/mol. The van der Waals surface area contributed by atoms with E-state index in [1.165, 1.54) is 12.3 Å². The minimum absolute atomic E-state index is 0.0262. The molecule has 0 radical (unpaired) electrons. The average molecular weight is 300 g/mol. The van der Waals surface area contributed by atoms with Gasteiger partial charge in [-0.2, -0.15) is 0 Å². The Kier molecular flexibility index (Phi) is 5.09. The van der Waals surface area contributed by atoms with E-state index in [1.54, 1.807) is 6.07 Å². The molecular formula is C13H20N2O4S. The summed E-state index contributed by atoms with van der Waals surface area (Å²) in [6.45, 7) is 2.93. The Morgan fingerprint density at radius 1 is 1.50 bits per heavy atom. The standard InChI is InChI=1S/C13H20N2O4S/c1-2-12-11(5-6-19-12)8-15-20(17,18)13-4-3-10(9-16)7-14-13/h3-4,7,11-12,15-16H,2,5-6,8-9H2,1H3. The summed E-state index contributed by atoms with van der Waals surface area (Å²) >= 11 is 0. The van der Waals surface area contributed by atoms with Crippen molar-refractivity contribution < 1.29 is 18.3 Å². The molecule has 0 amide bonds. The molecule has 1 aromatic rings. The van der Waals surface area contributed by atoms with Gasteiger partial charge in [0, 0.05) is 25.3 Å². The molecule has 2 atom stereocenters. The highest BCUT2D eigenvalue weighted by Gasteiger charge is 2.28. The van der Waals surface area contributed by atoms with Gasteiger partial charge in [0.2, 0.25) is 0 Å². The molecule has 0 saturated carbocycles. The Morgan fingerprint density at radius 2 is 2.30 bits per heavy atom. The molecule has 0 aromatic carbocycles. The Labute approximate surface area is 119 Å². The molecule has 1 aliphatic heterocycles. The number of sulfonamides is 1. The van der Waals surface area contributed by atoms with E-state index in [1.807, 2.05) is 6.92 Å². The predicted molar refractivity (Wildman–Crippen MR) is 73.5 cm³/mol. The Balaban J connectivity index is 1.99. The lowest BCUT2D eigenvalue weighted by Crippen LogP contribution is -2.33. The number of hydrogen-bond donors (Lipinski definition) is 2. The van der Waals surface area contributed by atoms with Crippen LogP contribution in [-0.4, -0.2) is 37.8 Å². The van der Waals surface area contributed by atoms with Gasteiger partial charge in [-0.3, -0.25) is 0 Å². The second-order valence-corrected chi connectivity index (χ2v) is 6.59. The summed E-state index contributed by atoms with van der Waals surface area (Å²) in [5.74, 6) is 0.214. The van der Waals surface area contributed by atoms with Gasteiger partial charge in [-0.25, -0.2) is 18.1 Å². The highest BCUT2D eigenvalue weighted by molar-refractivity contribution is 7.89. The molecule has 0 bridgehead atoms. The fourth-order valence-electron chi connectivity index (χ4n) is 2.33. The van der Waals surface area contributed by atoms with E-state index in [0.29, 0.717) is 18.7 Å². The van der Waals surface area contributed by atoms with Gasteiger partial charge in [-0.15, -0.1) is 0 Å². The van der Waals surface area contributed by atoms with Crippen LogP contribution in [0.3, 0.4) is 0 Å². The third kappa shape index (κ3) is 3.54. The zero-order valence-electron chi connectivity index (χ0n) is 11.4. The zero-order valence-corrected chi connectivity index (χ0v) is 12.3. The molecule has 0 spiro atoms. The Bertz CT molecular complexity index is 530. The van der Waals surface area contributed by atoms with Gasteiger partial charge in [-0.05, 0) is 24.5 Å². The van der Waals surface area contributed by atoms with E-state index in [9.17, 15) is 8.42 Å². The topological polar surface area (TPSA) is 88.5 Å². The molecule has 2 unspecified atom stereocenters. The van der Waals surface area contributed by atoms with Crippen LogP contribution < -0.4 is 4.72 Å². The molecule has 112 valence electrons. The molecule has 2 N–H and O–H groups in total. The summed E-state index contributed by atoms with van der Waals surface area (Å²) < 4.78 is 32.3. The molecule has 1 aromatic heterocycles. The minimum atomic E-state index is -3.60. The van der Waals surface area contributed by atoms with Gasteiger partial charge in [-0.1, -0.05) is 13.0 Å². The van der Waals surface area contributed by atoms with Gasteiger partial charge in [0.05, 0.1) is 12.7 Å². The number of pyridine rings is 1. The van der Waals surface area contributed by atoms with Crippen molar-refractivity contribution >= 4 is 10.0 Å². The lowest BCUT2D eigenvalue weighted by molar-refractivity contribution is 0.0884. The summed E-state index contributed by atoms with van der Waals surface area (Å²) in [4.78, 5) is 3.86. The van der Waals surface area contributed by atoms with Crippen molar-refractivity contribution in [1.29, 1.82) is 0 Å². The van der Waals surface area contributed by atoms with Crippen LogP contribution in [0.1, 0.15) is 25.3 Å². The first-order valence-corrected chi connectivity index (χ1v) is 8.22. The zero-order chi connectivity index (χ0) is 14.6. The van der Waals surface area contributed by atoms with Crippen LogP contribution in [0.4, 0.5) is 0 Å². The summed E-state index contributed by atoms with van der Waals surface area (Å²) in [5.41, 5.74) is 0.583. The third-order valence-corrected chi connectivity index (χ3v) is 4.88. The Hall–Kier alpha value is -1.02. The largest absolute Gasteiger partial charge is 0.392 e. The van der Waals surface area contributed by atoms with Crippen molar-refractivity contribution in [3.8, 4) is 0 Å². The van der Waals surface area contributed by atoms with Gasteiger partial charge in [0.25, 0.3) is 10.0 Å². The van der Waals surface area contributed by atoms with Crippen LogP contribution in [0, 0.1) is 5.92 Å². The molecule has 2 rings (SSSR count). The molecule has 1 saturated heterocycles. The van der Waals surface area contributed by atoms with Gasteiger partial charge in [0.15, 0.2) is 5.03 Å². The van der Waals surface area contributed by atoms with E-state index in [-0.39, 0.29) is 23.7 Å². The maximum absolute atomic E-state index is 12.1. The number of ether oxygens (including phenoxy) is 1. The molecule has 7 heteroatoms. The van der Waals surface area contributed by atoms with Gasteiger partial charge in [0.1, 0.15) is 0 Å². The highest BCUT2D eigenvalue weighted by Crippen LogP contribution is 2.23. The van der Waals surface area contributed by atoms with E-state index < -0.39 is 10.0 Å². The van der Waals surface area contributed by atoms with Crippen molar-refractivity contribution in [3.05, 3.63) is 23.9 Å². The van der Waals surface area contributed by atoms with Crippen molar-refractivity contribution in [2.24, 2.45) is 5.92 Å². The SMILES string of the molecule is CCC1OCCC1CNS(=O)(=O)c1ccc(CO)cn1. The van der Waals surface area contributed by atoms with Gasteiger partial charge < -0.3 is 9.84 Å².